The van der Waals surface area contributed by atoms with E-state index < -0.39 is 0 Å². The standard InChI is InChI=1S/C24H24N2O5/c1-3-30-21-6-4-5-7-22(21)31-16-23(27)25-18-10-8-17(9-11-18)24(28)26-19-12-14-20(29-2)15-13-19/h4-15H,3,16H2,1-2H3,(H,25,27)(H,26,28). The van der Waals surface area contributed by atoms with Crippen molar-refractivity contribution < 1.29 is 23.8 Å². The van der Waals surface area contributed by atoms with E-state index in [4.69, 9.17) is 14.2 Å². The molecule has 7 heteroatoms. The van der Waals surface area contributed by atoms with Gasteiger partial charge in [0.2, 0.25) is 0 Å². The van der Waals surface area contributed by atoms with E-state index in [1.165, 1.54) is 0 Å². The molecule has 0 unspecified atom stereocenters. The highest BCUT2D eigenvalue weighted by Gasteiger charge is 2.10. The van der Waals surface area contributed by atoms with Crippen LogP contribution in [0.5, 0.6) is 17.2 Å². The highest BCUT2D eigenvalue weighted by molar-refractivity contribution is 6.04. The molecule has 0 aromatic heterocycles. The van der Waals surface area contributed by atoms with Crippen LogP contribution >= 0.6 is 0 Å². The summed E-state index contributed by atoms with van der Waals surface area (Å²) in [5.41, 5.74) is 1.69. The van der Waals surface area contributed by atoms with Gasteiger partial charge in [-0.2, -0.15) is 0 Å². The van der Waals surface area contributed by atoms with Crippen molar-refractivity contribution in [1.29, 1.82) is 0 Å². The molecule has 0 heterocycles. The molecule has 0 aliphatic heterocycles. The van der Waals surface area contributed by atoms with E-state index in [-0.39, 0.29) is 18.4 Å². The molecule has 160 valence electrons. The van der Waals surface area contributed by atoms with Crippen LogP contribution in [0.3, 0.4) is 0 Å². The van der Waals surface area contributed by atoms with Crippen LogP contribution in [0, 0.1) is 0 Å². The molecule has 0 spiro atoms. The van der Waals surface area contributed by atoms with E-state index in [1.54, 1.807) is 67.8 Å². The minimum absolute atomic E-state index is 0.163. The van der Waals surface area contributed by atoms with Gasteiger partial charge in [-0.1, -0.05) is 12.1 Å². The average Bonchev–Trinajstić information content (AvgIpc) is 2.79. The van der Waals surface area contributed by atoms with E-state index in [9.17, 15) is 9.59 Å². The maximum Gasteiger partial charge on any atom is 0.262 e. The minimum Gasteiger partial charge on any atom is -0.497 e. The Bertz CT molecular complexity index is 1020. The van der Waals surface area contributed by atoms with Crippen LogP contribution in [0.2, 0.25) is 0 Å². The first-order chi connectivity index (χ1) is 15.1. The first kappa shape index (κ1) is 21.7. The van der Waals surface area contributed by atoms with Crippen molar-refractivity contribution in [2.45, 2.75) is 6.92 Å². The molecule has 31 heavy (non-hydrogen) atoms. The third-order valence-electron chi connectivity index (χ3n) is 4.29. The molecule has 0 bridgehead atoms. The van der Waals surface area contributed by atoms with E-state index in [0.717, 1.165) is 0 Å². The zero-order valence-corrected chi connectivity index (χ0v) is 17.4. The van der Waals surface area contributed by atoms with Gasteiger partial charge in [-0.25, -0.2) is 0 Å². The van der Waals surface area contributed by atoms with Gasteiger partial charge in [0.05, 0.1) is 13.7 Å². The van der Waals surface area contributed by atoms with Gasteiger partial charge in [-0.15, -0.1) is 0 Å². The maximum absolute atomic E-state index is 12.4. The van der Waals surface area contributed by atoms with Crippen molar-refractivity contribution in [1.82, 2.24) is 0 Å². The molecule has 0 saturated heterocycles. The monoisotopic (exact) mass is 420 g/mol. The second-order valence-electron chi connectivity index (χ2n) is 6.48. The summed E-state index contributed by atoms with van der Waals surface area (Å²) in [6.45, 7) is 2.22. The number of ether oxygens (including phenoxy) is 3. The second-order valence-corrected chi connectivity index (χ2v) is 6.48. The van der Waals surface area contributed by atoms with E-state index >= 15 is 0 Å². The number of benzene rings is 3. The second kappa shape index (κ2) is 10.7. The Balaban J connectivity index is 1.52. The molecule has 0 aliphatic carbocycles. The van der Waals surface area contributed by atoms with Crippen molar-refractivity contribution in [3.8, 4) is 17.2 Å². The summed E-state index contributed by atoms with van der Waals surface area (Å²) in [7, 11) is 1.58. The highest BCUT2D eigenvalue weighted by atomic mass is 16.5. The molecule has 0 radical (unpaired) electrons. The Morgan fingerprint density at radius 1 is 0.774 bits per heavy atom. The van der Waals surface area contributed by atoms with Crippen LogP contribution in [0.25, 0.3) is 0 Å². The fraction of sp³-hybridized carbons (Fsp3) is 0.167. The molecule has 3 aromatic rings. The summed E-state index contributed by atoms with van der Waals surface area (Å²) in [5, 5.41) is 5.55. The zero-order chi connectivity index (χ0) is 22.1. The minimum atomic E-state index is -0.318. The number of anilines is 2. The molecular weight excluding hydrogens is 396 g/mol. The van der Waals surface area contributed by atoms with Crippen molar-refractivity contribution in [3.05, 3.63) is 78.4 Å². The predicted octanol–water partition coefficient (Wildman–Crippen LogP) is 4.36. The summed E-state index contributed by atoms with van der Waals surface area (Å²) < 4.78 is 16.1. The van der Waals surface area contributed by atoms with Gasteiger partial charge < -0.3 is 24.8 Å². The number of carbonyl (C=O) groups is 2. The Morgan fingerprint density at radius 3 is 1.97 bits per heavy atom. The van der Waals surface area contributed by atoms with Crippen LogP contribution in [-0.2, 0) is 4.79 Å². The quantitative estimate of drug-likeness (QED) is 0.537. The zero-order valence-electron chi connectivity index (χ0n) is 17.4. The number of rotatable bonds is 9. The molecular formula is C24H24N2O5. The maximum atomic E-state index is 12.4. The van der Waals surface area contributed by atoms with Gasteiger partial charge in [0.15, 0.2) is 18.1 Å². The number of methoxy groups -OCH3 is 1. The lowest BCUT2D eigenvalue weighted by atomic mass is 10.2. The van der Waals surface area contributed by atoms with E-state index in [2.05, 4.69) is 10.6 Å². The lowest BCUT2D eigenvalue weighted by Crippen LogP contribution is -2.20. The molecule has 0 atom stereocenters. The van der Waals surface area contributed by atoms with Gasteiger partial charge in [-0.05, 0) is 67.6 Å². The van der Waals surface area contributed by atoms with Crippen molar-refractivity contribution in [2.24, 2.45) is 0 Å². The van der Waals surface area contributed by atoms with Crippen molar-refractivity contribution >= 4 is 23.2 Å². The van der Waals surface area contributed by atoms with Crippen LogP contribution in [0.1, 0.15) is 17.3 Å². The van der Waals surface area contributed by atoms with Gasteiger partial charge in [-0.3, -0.25) is 9.59 Å². The Kier molecular flexibility index (Phi) is 7.48. The number of para-hydroxylation sites is 2. The number of amides is 2. The lowest BCUT2D eigenvalue weighted by molar-refractivity contribution is -0.118. The lowest BCUT2D eigenvalue weighted by Gasteiger charge is -2.12. The van der Waals surface area contributed by atoms with Crippen LogP contribution < -0.4 is 24.8 Å². The molecule has 7 nitrogen and oxygen atoms in total. The Labute approximate surface area is 180 Å². The molecule has 0 aliphatic rings. The first-order valence-electron chi connectivity index (χ1n) is 9.79. The number of carbonyl (C=O) groups excluding carboxylic acids is 2. The first-order valence-corrected chi connectivity index (χ1v) is 9.79. The molecule has 3 rings (SSSR count). The topological polar surface area (TPSA) is 85.9 Å². The summed E-state index contributed by atoms with van der Waals surface area (Å²) in [4.78, 5) is 24.6. The summed E-state index contributed by atoms with van der Waals surface area (Å²) in [5.74, 6) is 1.24. The Hall–Kier alpha value is -4.00. The summed E-state index contributed by atoms with van der Waals surface area (Å²) in [6.07, 6.45) is 0. The third-order valence-corrected chi connectivity index (χ3v) is 4.29. The van der Waals surface area contributed by atoms with Crippen LogP contribution in [-0.4, -0.2) is 32.1 Å². The summed E-state index contributed by atoms with van der Waals surface area (Å²) in [6, 6.07) is 20.8. The Morgan fingerprint density at radius 2 is 1.35 bits per heavy atom. The molecule has 2 amide bonds. The molecule has 0 fully saturated rings. The van der Waals surface area contributed by atoms with Gasteiger partial charge in [0.25, 0.3) is 11.8 Å². The van der Waals surface area contributed by atoms with Gasteiger partial charge >= 0.3 is 0 Å². The van der Waals surface area contributed by atoms with Gasteiger partial charge in [0, 0.05) is 16.9 Å². The number of nitrogens with one attached hydrogen (secondary N) is 2. The normalized spacial score (nSPS) is 10.1. The molecule has 2 N–H and O–H groups in total. The smallest absolute Gasteiger partial charge is 0.262 e. The van der Waals surface area contributed by atoms with Crippen molar-refractivity contribution in [2.75, 3.05) is 31.0 Å². The molecule has 3 aromatic carbocycles. The average molecular weight is 420 g/mol. The SMILES string of the molecule is CCOc1ccccc1OCC(=O)Nc1ccc(C(=O)Nc2ccc(OC)cc2)cc1. The van der Waals surface area contributed by atoms with Crippen LogP contribution in [0.15, 0.2) is 72.8 Å². The highest BCUT2D eigenvalue weighted by Crippen LogP contribution is 2.26. The fourth-order valence-electron chi connectivity index (χ4n) is 2.77. The predicted molar refractivity (Wildman–Crippen MR) is 119 cm³/mol. The number of hydrogen-bond acceptors (Lipinski definition) is 5. The summed E-state index contributed by atoms with van der Waals surface area (Å²) >= 11 is 0. The van der Waals surface area contributed by atoms with Crippen LogP contribution in [0.4, 0.5) is 11.4 Å². The fourth-order valence-corrected chi connectivity index (χ4v) is 2.77. The third kappa shape index (κ3) is 6.24. The van der Waals surface area contributed by atoms with Gasteiger partial charge in [0.1, 0.15) is 5.75 Å². The van der Waals surface area contributed by atoms with E-state index in [0.29, 0.717) is 40.8 Å². The largest absolute Gasteiger partial charge is 0.497 e. The number of hydrogen-bond donors (Lipinski definition) is 2. The van der Waals surface area contributed by atoms with E-state index in [1.807, 2.05) is 19.1 Å². The van der Waals surface area contributed by atoms with Crippen molar-refractivity contribution in [3.63, 3.8) is 0 Å². The molecule has 0 saturated carbocycles.